The number of halogens is 5. The Kier molecular flexibility index (Phi) is 6.15. The molecule has 2 aromatic carbocycles. The van der Waals surface area contributed by atoms with Gasteiger partial charge in [0.25, 0.3) is 0 Å². The summed E-state index contributed by atoms with van der Waals surface area (Å²) >= 11 is 0. The van der Waals surface area contributed by atoms with Crippen molar-refractivity contribution in [1.29, 1.82) is 0 Å². The second-order valence-electron chi connectivity index (χ2n) is 5.74. The number of rotatable bonds is 8. The Morgan fingerprint density at radius 3 is 2.48 bits per heavy atom. The topological polar surface area (TPSA) is 69.4 Å². The number of alkyl halides is 4. The molecule has 1 heterocycles. The molecule has 0 aliphatic heterocycles. The molecule has 0 radical (unpaired) electrons. The number of anilines is 1. The lowest BCUT2D eigenvalue weighted by molar-refractivity contribution is -0.0539. The summed E-state index contributed by atoms with van der Waals surface area (Å²) in [6, 6.07) is 7.72. The van der Waals surface area contributed by atoms with Gasteiger partial charge in [0.05, 0.1) is 12.2 Å². The van der Waals surface area contributed by atoms with Crippen LogP contribution in [0.15, 0.2) is 40.9 Å². The molecule has 0 unspecified atom stereocenters. The molecule has 0 aliphatic carbocycles. The van der Waals surface area contributed by atoms with Crippen molar-refractivity contribution in [3.63, 3.8) is 0 Å². The molecule has 29 heavy (non-hydrogen) atoms. The fraction of sp³-hybridized carbons (Fsp3) is 0.222. The Labute approximate surface area is 161 Å². The Morgan fingerprint density at radius 2 is 1.79 bits per heavy atom. The van der Waals surface area contributed by atoms with Gasteiger partial charge in [0.1, 0.15) is 11.6 Å². The van der Waals surface area contributed by atoms with Gasteiger partial charge in [0, 0.05) is 11.6 Å². The molecule has 0 saturated heterocycles. The average Bonchev–Trinajstić information content (AvgIpc) is 3.11. The van der Waals surface area contributed by atoms with E-state index < -0.39 is 24.8 Å². The van der Waals surface area contributed by atoms with Crippen LogP contribution in [0.3, 0.4) is 0 Å². The zero-order valence-electron chi connectivity index (χ0n) is 14.8. The summed E-state index contributed by atoms with van der Waals surface area (Å²) in [6.45, 7) is -4.77. The number of hydrogen-bond acceptors (Lipinski definition) is 6. The van der Waals surface area contributed by atoms with E-state index in [-0.39, 0.29) is 29.7 Å². The number of aromatic nitrogens is 2. The molecule has 3 rings (SSSR count). The number of aryl methyl sites for hydroxylation is 1. The van der Waals surface area contributed by atoms with Crippen LogP contribution < -0.4 is 14.8 Å². The molecular formula is C18H14F5N3O3. The molecule has 0 aliphatic rings. The van der Waals surface area contributed by atoms with Gasteiger partial charge in [0.15, 0.2) is 5.75 Å². The molecule has 0 spiro atoms. The van der Waals surface area contributed by atoms with E-state index in [1.165, 1.54) is 12.1 Å². The fourth-order valence-electron chi connectivity index (χ4n) is 2.37. The van der Waals surface area contributed by atoms with Gasteiger partial charge >= 0.3 is 13.2 Å². The van der Waals surface area contributed by atoms with Crippen molar-refractivity contribution in [2.45, 2.75) is 26.7 Å². The van der Waals surface area contributed by atoms with Gasteiger partial charge in [-0.25, -0.2) is 4.39 Å². The summed E-state index contributed by atoms with van der Waals surface area (Å²) in [5.74, 6) is -0.949. The summed E-state index contributed by atoms with van der Waals surface area (Å²) in [4.78, 5) is 4.09. The maximum absolute atomic E-state index is 13.7. The number of nitrogens with one attached hydrogen (secondary N) is 1. The van der Waals surface area contributed by atoms with Gasteiger partial charge < -0.3 is 19.3 Å². The Hall–Kier alpha value is -3.37. The number of ether oxygens (including phenoxy) is 2. The van der Waals surface area contributed by atoms with Crippen LogP contribution in [0.1, 0.15) is 11.5 Å². The first-order chi connectivity index (χ1) is 13.8. The van der Waals surface area contributed by atoms with Crippen molar-refractivity contribution in [2.24, 2.45) is 0 Å². The summed E-state index contributed by atoms with van der Waals surface area (Å²) in [6.07, 6.45) is 0. The fourth-order valence-corrected chi connectivity index (χ4v) is 2.37. The molecular weight excluding hydrogens is 401 g/mol. The highest BCUT2D eigenvalue weighted by Gasteiger charge is 2.15. The molecule has 0 fully saturated rings. The highest BCUT2D eigenvalue weighted by molar-refractivity contribution is 5.59. The van der Waals surface area contributed by atoms with Gasteiger partial charge in [-0.2, -0.15) is 22.5 Å². The van der Waals surface area contributed by atoms with Crippen molar-refractivity contribution < 1.29 is 35.9 Å². The minimum atomic E-state index is -3.18. The third kappa shape index (κ3) is 5.33. The molecule has 0 saturated carbocycles. The predicted octanol–water partition coefficient (Wildman–Crippen LogP) is 5.00. The number of nitrogens with zero attached hydrogens (tertiary/aromatic N) is 2. The monoisotopic (exact) mass is 415 g/mol. The third-order valence-corrected chi connectivity index (χ3v) is 3.72. The quantitative estimate of drug-likeness (QED) is 0.523. The Morgan fingerprint density at radius 1 is 1.03 bits per heavy atom. The number of hydrogen-bond donors (Lipinski definition) is 1. The smallest absolute Gasteiger partial charge is 0.387 e. The van der Waals surface area contributed by atoms with Crippen molar-refractivity contribution >= 4 is 5.69 Å². The summed E-state index contributed by atoms with van der Waals surface area (Å²) in [7, 11) is 0. The second-order valence-corrected chi connectivity index (χ2v) is 5.74. The number of benzene rings is 2. The van der Waals surface area contributed by atoms with Crippen LogP contribution in [-0.4, -0.2) is 23.4 Å². The minimum absolute atomic E-state index is 0.0630. The van der Waals surface area contributed by atoms with E-state index in [0.717, 1.165) is 12.1 Å². The lowest BCUT2D eigenvalue weighted by Crippen LogP contribution is -2.08. The van der Waals surface area contributed by atoms with E-state index in [0.29, 0.717) is 11.1 Å². The molecule has 3 aromatic rings. The maximum atomic E-state index is 13.7. The SMILES string of the molecule is Cc1ccc(-c2noc(CNc3ccc(OC(F)F)cc3OC(F)F)n2)cc1F. The standard InChI is InChI=1S/C18H14F5N3O3/c1-9-2-3-10(6-12(9)19)16-25-15(29-26-16)8-24-13-5-4-11(27-17(20)21)7-14(13)28-18(22)23/h2-7,17-18,24H,8H2,1H3. The van der Waals surface area contributed by atoms with E-state index in [2.05, 4.69) is 24.9 Å². The van der Waals surface area contributed by atoms with Crippen LogP contribution in [0.4, 0.5) is 27.6 Å². The van der Waals surface area contributed by atoms with Gasteiger partial charge in [-0.05, 0) is 30.7 Å². The van der Waals surface area contributed by atoms with Crippen LogP contribution in [0.25, 0.3) is 11.4 Å². The summed E-state index contributed by atoms with van der Waals surface area (Å²) < 4.78 is 77.0. The van der Waals surface area contributed by atoms with Crippen LogP contribution in [-0.2, 0) is 6.54 Å². The maximum Gasteiger partial charge on any atom is 0.387 e. The Balaban J connectivity index is 1.73. The van der Waals surface area contributed by atoms with Gasteiger partial charge in [-0.15, -0.1) is 0 Å². The lowest BCUT2D eigenvalue weighted by atomic mass is 10.1. The largest absolute Gasteiger partial charge is 0.435 e. The van der Waals surface area contributed by atoms with Gasteiger partial charge in [-0.1, -0.05) is 17.3 Å². The highest BCUT2D eigenvalue weighted by Crippen LogP contribution is 2.32. The van der Waals surface area contributed by atoms with Gasteiger partial charge in [0.2, 0.25) is 11.7 Å². The molecule has 0 atom stereocenters. The highest BCUT2D eigenvalue weighted by atomic mass is 19.3. The molecule has 154 valence electrons. The summed E-state index contributed by atoms with van der Waals surface area (Å²) in [5, 5.41) is 6.47. The average molecular weight is 415 g/mol. The van der Waals surface area contributed by atoms with Crippen molar-refractivity contribution in [3.05, 3.63) is 53.7 Å². The molecule has 1 aromatic heterocycles. The molecule has 1 N–H and O–H groups in total. The molecule has 6 nitrogen and oxygen atoms in total. The van der Waals surface area contributed by atoms with Crippen molar-refractivity contribution in [2.75, 3.05) is 5.32 Å². The molecule has 0 amide bonds. The van der Waals surface area contributed by atoms with E-state index in [4.69, 9.17) is 4.52 Å². The zero-order chi connectivity index (χ0) is 21.0. The van der Waals surface area contributed by atoms with Crippen molar-refractivity contribution in [3.8, 4) is 22.9 Å². The van der Waals surface area contributed by atoms with Crippen LogP contribution in [0.5, 0.6) is 11.5 Å². The second kappa shape index (κ2) is 8.76. The van der Waals surface area contributed by atoms with Crippen LogP contribution >= 0.6 is 0 Å². The Bertz CT molecular complexity index is 981. The first kappa shape index (κ1) is 20.4. The third-order valence-electron chi connectivity index (χ3n) is 3.72. The first-order valence-corrected chi connectivity index (χ1v) is 8.18. The lowest BCUT2D eigenvalue weighted by Gasteiger charge is -2.13. The van der Waals surface area contributed by atoms with E-state index in [9.17, 15) is 22.0 Å². The minimum Gasteiger partial charge on any atom is -0.435 e. The van der Waals surface area contributed by atoms with Gasteiger partial charge in [-0.3, -0.25) is 0 Å². The summed E-state index contributed by atoms with van der Waals surface area (Å²) in [5.41, 5.74) is 0.927. The molecule has 11 heteroatoms. The van der Waals surface area contributed by atoms with Crippen LogP contribution in [0.2, 0.25) is 0 Å². The van der Waals surface area contributed by atoms with Crippen LogP contribution in [0, 0.1) is 12.7 Å². The zero-order valence-corrected chi connectivity index (χ0v) is 14.8. The molecule has 0 bridgehead atoms. The normalized spacial score (nSPS) is 11.2. The first-order valence-electron chi connectivity index (χ1n) is 8.18. The van der Waals surface area contributed by atoms with E-state index in [1.807, 2.05) is 0 Å². The van der Waals surface area contributed by atoms with E-state index in [1.54, 1.807) is 19.1 Å². The predicted molar refractivity (Wildman–Crippen MR) is 91.5 cm³/mol. The van der Waals surface area contributed by atoms with Crippen molar-refractivity contribution in [1.82, 2.24) is 10.1 Å². The van der Waals surface area contributed by atoms with E-state index >= 15 is 0 Å².